The molecule has 0 fully saturated rings. The van der Waals surface area contributed by atoms with Crippen molar-refractivity contribution in [1.29, 1.82) is 0 Å². The summed E-state index contributed by atoms with van der Waals surface area (Å²) in [6.45, 7) is 0.710. The summed E-state index contributed by atoms with van der Waals surface area (Å²) in [6.07, 6.45) is 2.58. The van der Waals surface area contributed by atoms with Gasteiger partial charge in [-0.3, -0.25) is 4.99 Å². The third-order valence-corrected chi connectivity index (χ3v) is 4.99. The first-order valence-electron chi connectivity index (χ1n) is 8.22. The van der Waals surface area contributed by atoms with Crippen LogP contribution in [0, 0.1) is 0 Å². The predicted octanol–water partition coefficient (Wildman–Crippen LogP) is 4.76. The first-order chi connectivity index (χ1) is 12.7. The van der Waals surface area contributed by atoms with Gasteiger partial charge in [-0.1, -0.05) is 30.3 Å². The maximum absolute atomic E-state index is 6.01. The van der Waals surface area contributed by atoms with Gasteiger partial charge in [0.2, 0.25) is 0 Å². The molecule has 132 valence electrons. The predicted molar refractivity (Wildman–Crippen MR) is 116 cm³/mol. The smallest absolute Gasteiger partial charge is 0.141 e. The van der Waals surface area contributed by atoms with Crippen LogP contribution in [-0.2, 0) is 6.42 Å². The average molecular weight is 381 g/mol. The molecule has 0 radical (unpaired) electrons. The molecular formula is C20H20N4S2. The third kappa shape index (κ3) is 5.21. The molecule has 26 heavy (non-hydrogen) atoms. The van der Waals surface area contributed by atoms with Crippen molar-refractivity contribution in [3.63, 3.8) is 0 Å². The number of nitrogens with two attached hydrogens (primary N) is 1. The second kappa shape index (κ2) is 9.22. The van der Waals surface area contributed by atoms with E-state index in [0.29, 0.717) is 12.4 Å². The summed E-state index contributed by atoms with van der Waals surface area (Å²) in [5.74, 6) is 0.549. The summed E-state index contributed by atoms with van der Waals surface area (Å²) in [4.78, 5) is 10.7. The molecule has 4 nitrogen and oxygen atoms in total. The number of nitrogens with one attached hydrogen (secondary N) is 1. The van der Waals surface area contributed by atoms with Gasteiger partial charge in [0.05, 0.1) is 22.6 Å². The van der Waals surface area contributed by atoms with Gasteiger partial charge < -0.3 is 11.1 Å². The SMILES string of the molecule is NC(=Nc1ccc(CCN=CNc2ccccc2S)cc1)c1cccs1. The minimum Gasteiger partial charge on any atom is -0.383 e. The third-order valence-electron chi connectivity index (χ3n) is 3.70. The Morgan fingerprint density at radius 2 is 1.88 bits per heavy atom. The van der Waals surface area contributed by atoms with E-state index in [0.717, 1.165) is 27.6 Å². The number of hydrogen-bond donors (Lipinski definition) is 3. The highest BCUT2D eigenvalue weighted by Crippen LogP contribution is 2.18. The number of thiophene rings is 1. The molecule has 1 aromatic heterocycles. The quantitative estimate of drug-likeness (QED) is 0.314. The van der Waals surface area contributed by atoms with Crippen molar-refractivity contribution in [3.8, 4) is 0 Å². The maximum atomic E-state index is 6.01. The Bertz CT molecular complexity index is 884. The number of benzene rings is 2. The molecule has 0 spiro atoms. The first-order valence-corrected chi connectivity index (χ1v) is 9.55. The van der Waals surface area contributed by atoms with Crippen molar-refractivity contribution in [2.45, 2.75) is 11.3 Å². The van der Waals surface area contributed by atoms with Crippen molar-refractivity contribution < 1.29 is 0 Å². The standard InChI is InChI=1S/C20H20N4S2/c21-20(19-6-3-13-26-19)24-16-9-7-15(8-10-16)11-12-22-14-23-17-4-1-2-5-18(17)25/h1-10,13-14,25H,11-12H2,(H2,21,24)(H,22,23). The Labute approximate surface area is 162 Å². The van der Waals surface area contributed by atoms with Gasteiger partial charge in [-0.15, -0.1) is 24.0 Å². The van der Waals surface area contributed by atoms with E-state index in [1.807, 2.05) is 53.9 Å². The minimum absolute atomic E-state index is 0.549. The fraction of sp³-hybridized carbons (Fsp3) is 0.100. The number of rotatable bonds is 7. The zero-order chi connectivity index (χ0) is 18.2. The van der Waals surface area contributed by atoms with Gasteiger partial charge in [-0.2, -0.15) is 0 Å². The van der Waals surface area contributed by atoms with E-state index >= 15 is 0 Å². The minimum atomic E-state index is 0.549. The molecule has 6 heteroatoms. The Hall–Kier alpha value is -2.57. The van der Waals surface area contributed by atoms with Crippen LogP contribution in [0.3, 0.4) is 0 Å². The van der Waals surface area contributed by atoms with E-state index in [9.17, 15) is 0 Å². The molecule has 0 unspecified atom stereocenters. The highest BCUT2D eigenvalue weighted by atomic mass is 32.1. The van der Waals surface area contributed by atoms with Crippen molar-refractivity contribution in [2.24, 2.45) is 15.7 Å². The Morgan fingerprint density at radius 1 is 1.08 bits per heavy atom. The van der Waals surface area contributed by atoms with Crippen LogP contribution < -0.4 is 11.1 Å². The lowest BCUT2D eigenvalue weighted by Crippen LogP contribution is -2.10. The van der Waals surface area contributed by atoms with Crippen molar-refractivity contribution in [1.82, 2.24) is 0 Å². The van der Waals surface area contributed by atoms with Gasteiger partial charge in [-0.25, -0.2) is 4.99 Å². The second-order valence-corrected chi connectivity index (χ2v) is 7.02. The molecule has 3 rings (SSSR count). The summed E-state index contributed by atoms with van der Waals surface area (Å²) >= 11 is 5.98. The average Bonchev–Trinajstić information content (AvgIpc) is 3.19. The van der Waals surface area contributed by atoms with Crippen LogP contribution in [0.15, 0.2) is 80.9 Å². The van der Waals surface area contributed by atoms with Crippen LogP contribution in [0.25, 0.3) is 0 Å². The van der Waals surface area contributed by atoms with E-state index in [1.54, 1.807) is 17.7 Å². The molecule has 2 aromatic carbocycles. The lowest BCUT2D eigenvalue weighted by molar-refractivity contribution is 0.972. The molecule has 0 amide bonds. The van der Waals surface area contributed by atoms with E-state index in [-0.39, 0.29) is 0 Å². The fourth-order valence-electron chi connectivity index (χ4n) is 2.32. The summed E-state index contributed by atoms with van der Waals surface area (Å²) in [5, 5.41) is 5.14. The van der Waals surface area contributed by atoms with Gasteiger partial charge in [0.25, 0.3) is 0 Å². The number of hydrogen-bond acceptors (Lipinski definition) is 4. The molecule has 3 aromatic rings. The first kappa shape index (κ1) is 18.2. The van der Waals surface area contributed by atoms with Crippen molar-refractivity contribution in [2.75, 3.05) is 11.9 Å². The summed E-state index contributed by atoms with van der Waals surface area (Å²) in [6, 6.07) is 19.8. The molecule has 0 saturated heterocycles. The number of aliphatic imine (C=N–C) groups is 2. The van der Waals surface area contributed by atoms with Gasteiger partial charge in [0.1, 0.15) is 5.84 Å². The molecular weight excluding hydrogens is 360 g/mol. The molecule has 0 bridgehead atoms. The Balaban J connectivity index is 1.49. The molecule has 3 N–H and O–H groups in total. The molecule has 1 heterocycles. The maximum Gasteiger partial charge on any atom is 0.141 e. The largest absolute Gasteiger partial charge is 0.383 e. The zero-order valence-corrected chi connectivity index (χ0v) is 15.9. The normalized spacial score (nSPS) is 11.8. The van der Waals surface area contributed by atoms with E-state index < -0.39 is 0 Å². The summed E-state index contributed by atoms with van der Waals surface area (Å²) in [5.41, 5.74) is 9.03. The van der Waals surface area contributed by atoms with Gasteiger partial charge in [-0.05, 0) is 47.7 Å². The number of amidine groups is 1. The van der Waals surface area contributed by atoms with Crippen molar-refractivity contribution >= 4 is 47.5 Å². The van der Waals surface area contributed by atoms with E-state index in [4.69, 9.17) is 5.73 Å². The monoisotopic (exact) mass is 380 g/mol. The van der Waals surface area contributed by atoms with Gasteiger partial charge in [0, 0.05) is 11.4 Å². The highest BCUT2D eigenvalue weighted by Gasteiger charge is 2.00. The Kier molecular flexibility index (Phi) is 6.46. The van der Waals surface area contributed by atoms with Crippen LogP contribution in [-0.4, -0.2) is 18.7 Å². The van der Waals surface area contributed by atoms with E-state index in [1.165, 1.54) is 5.56 Å². The molecule has 0 aliphatic carbocycles. The number of thiol groups is 1. The number of nitrogens with zero attached hydrogens (tertiary/aromatic N) is 2. The van der Waals surface area contributed by atoms with Crippen LogP contribution >= 0.6 is 24.0 Å². The van der Waals surface area contributed by atoms with Gasteiger partial charge >= 0.3 is 0 Å². The van der Waals surface area contributed by atoms with Crippen LogP contribution in [0.1, 0.15) is 10.4 Å². The van der Waals surface area contributed by atoms with Crippen molar-refractivity contribution in [3.05, 3.63) is 76.5 Å². The Morgan fingerprint density at radius 3 is 2.62 bits per heavy atom. The molecule has 0 aliphatic rings. The van der Waals surface area contributed by atoms with Crippen LogP contribution in [0.4, 0.5) is 11.4 Å². The van der Waals surface area contributed by atoms with Crippen LogP contribution in [0.2, 0.25) is 0 Å². The number of anilines is 1. The summed E-state index contributed by atoms with van der Waals surface area (Å²) < 4.78 is 0. The topological polar surface area (TPSA) is 62.8 Å². The number of para-hydroxylation sites is 1. The zero-order valence-electron chi connectivity index (χ0n) is 14.2. The lowest BCUT2D eigenvalue weighted by Gasteiger charge is -2.03. The molecule has 0 saturated carbocycles. The lowest BCUT2D eigenvalue weighted by atomic mass is 10.1. The highest BCUT2D eigenvalue weighted by molar-refractivity contribution is 7.80. The molecule has 0 atom stereocenters. The second-order valence-electron chi connectivity index (χ2n) is 5.59. The molecule has 0 aliphatic heterocycles. The van der Waals surface area contributed by atoms with Gasteiger partial charge in [0.15, 0.2) is 0 Å². The van der Waals surface area contributed by atoms with E-state index in [2.05, 4.69) is 40.1 Å². The fourth-order valence-corrected chi connectivity index (χ4v) is 3.18. The summed E-state index contributed by atoms with van der Waals surface area (Å²) in [7, 11) is 0. The van der Waals surface area contributed by atoms with Crippen LogP contribution in [0.5, 0.6) is 0 Å².